The summed E-state index contributed by atoms with van der Waals surface area (Å²) in [4.78, 5) is 24.4. The second kappa shape index (κ2) is 10.8. The summed E-state index contributed by atoms with van der Waals surface area (Å²) in [6.45, 7) is 1.98. The molecule has 0 bridgehead atoms. The Balaban J connectivity index is 1.93. The highest BCUT2D eigenvalue weighted by molar-refractivity contribution is 7.80. The van der Waals surface area contributed by atoms with E-state index in [0.29, 0.717) is 17.2 Å². The maximum Gasteiger partial charge on any atom is 0.269 e. The van der Waals surface area contributed by atoms with E-state index >= 15 is 0 Å². The summed E-state index contributed by atoms with van der Waals surface area (Å²) in [7, 11) is 4.37. The van der Waals surface area contributed by atoms with Gasteiger partial charge < -0.3 is 14.2 Å². The number of thiocarbonyl (C=S) groups is 1. The number of aryl methyl sites for hydroxylation is 1. The Morgan fingerprint density at radius 2 is 1.53 bits per heavy atom. The van der Waals surface area contributed by atoms with E-state index in [0.717, 1.165) is 11.1 Å². The Bertz CT molecular complexity index is 933. The third kappa shape index (κ3) is 6.21. The highest BCUT2D eigenvalue weighted by Crippen LogP contribution is 2.38. The molecular formula is C21H23N3O5S. The molecule has 0 aromatic heterocycles. The summed E-state index contributed by atoms with van der Waals surface area (Å²) in [5, 5.41) is 2.38. The van der Waals surface area contributed by atoms with Crippen LogP contribution in [0.3, 0.4) is 0 Å². The van der Waals surface area contributed by atoms with Crippen LogP contribution in [0.5, 0.6) is 17.2 Å². The van der Waals surface area contributed by atoms with Gasteiger partial charge in [0, 0.05) is 11.6 Å². The van der Waals surface area contributed by atoms with Crippen molar-refractivity contribution in [3.05, 3.63) is 59.2 Å². The molecule has 2 amide bonds. The molecule has 0 saturated heterocycles. The zero-order valence-electron chi connectivity index (χ0n) is 17.1. The smallest absolute Gasteiger partial charge is 0.269 e. The number of ether oxygens (including phenoxy) is 3. The molecule has 0 aliphatic carbocycles. The number of carbonyl (C=O) groups excluding carboxylic acids is 2. The number of nitrogens with one attached hydrogen (secondary N) is 3. The maximum atomic E-state index is 12.4. The van der Waals surface area contributed by atoms with Crippen LogP contribution < -0.4 is 30.4 Å². The first-order chi connectivity index (χ1) is 14.4. The van der Waals surface area contributed by atoms with Crippen LogP contribution in [0, 0.1) is 6.92 Å². The molecule has 0 radical (unpaired) electrons. The van der Waals surface area contributed by atoms with Gasteiger partial charge in [-0.05, 0) is 42.9 Å². The van der Waals surface area contributed by atoms with E-state index in [1.807, 2.05) is 31.2 Å². The predicted octanol–water partition coefficient (Wildman–Crippen LogP) is 2.37. The quantitative estimate of drug-likeness (QED) is 0.368. The Morgan fingerprint density at radius 1 is 0.933 bits per heavy atom. The van der Waals surface area contributed by atoms with E-state index in [1.165, 1.54) is 39.5 Å². The Labute approximate surface area is 180 Å². The van der Waals surface area contributed by atoms with Crippen molar-refractivity contribution >= 4 is 35.2 Å². The molecule has 8 nitrogen and oxygen atoms in total. The van der Waals surface area contributed by atoms with Crippen molar-refractivity contribution < 1.29 is 23.8 Å². The van der Waals surface area contributed by atoms with Crippen LogP contribution in [0.2, 0.25) is 0 Å². The molecule has 0 spiro atoms. The van der Waals surface area contributed by atoms with Gasteiger partial charge in [0.15, 0.2) is 16.6 Å². The van der Waals surface area contributed by atoms with Gasteiger partial charge in [-0.2, -0.15) is 0 Å². The lowest BCUT2D eigenvalue weighted by Gasteiger charge is -2.14. The normalized spacial score (nSPS) is 10.3. The Kier molecular flexibility index (Phi) is 8.18. The summed E-state index contributed by atoms with van der Waals surface area (Å²) >= 11 is 5.02. The van der Waals surface area contributed by atoms with Gasteiger partial charge in [0.05, 0.1) is 21.3 Å². The number of hydrogen-bond donors (Lipinski definition) is 3. The minimum absolute atomic E-state index is 0.0608. The molecule has 9 heteroatoms. The van der Waals surface area contributed by atoms with E-state index in [1.54, 1.807) is 6.08 Å². The molecule has 2 aromatic carbocycles. The van der Waals surface area contributed by atoms with Crippen LogP contribution in [0.15, 0.2) is 42.5 Å². The van der Waals surface area contributed by atoms with Crippen LogP contribution in [-0.4, -0.2) is 38.3 Å². The SMILES string of the molecule is COc1cc(C(=O)NNC(=S)NC(=O)C=Cc2ccc(C)cc2)cc(OC)c1OC. The molecule has 0 unspecified atom stereocenters. The summed E-state index contributed by atoms with van der Waals surface area (Å²) in [5.74, 6) is 0.0852. The van der Waals surface area contributed by atoms with Crippen molar-refractivity contribution in [3.8, 4) is 17.2 Å². The van der Waals surface area contributed by atoms with E-state index in [9.17, 15) is 9.59 Å². The fraction of sp³-hybridized carbons (Fsp3) is 0.190. The third-order valence-corrected chi connectivity index (χ3v) is 4.16. The van der Waals surface area contributed by atoms with E-state index in [4.69, 9.17) is 26.4 Å². The van der Waals surface area contributed by atoms with Crippen LogP contribution in [-0.2, 0) is 4.79 Å². The number of hydrazine groups is 1. The summed E-state index contributed by atoms with van der Waals surface area (Å²) in [5.41, 5.74) is 7.13. The average Bonchev–Trinajstić information content (AvgIpc) is 2.75. The number of benzene rings is 2. The molecule has 0 aliphatic heterocycles. The van der Waals surface area contributed by atoms with Gasteiger partial charge in [-0.25, -0.2) is 0 Å². The molecule has 0 atom stereocenters. The summed E-state index contributed by atoms with van der Waals surface area (Å²) in [6.07, 6.45) is 3.01. The average molecular weight is 429 g/mol. The van der Waals surface area contributed by atoms with E-state index in [2.05, 4.69) is 16.2 Å². The fourth-order valence-corrected chi connectivity index (χ4v) is 2.58. The minimum Gasteiger partial charge on any atom is -0.493 e. The van der Waals surface area contributed by atoms with Gasteiger partial charge in [-0.1, -0.05) is 29.8 Å². The van der Waals surface area contributed by atoms with Crippen molar-refractivity contribution in [2.45, 2.75) is 6.92 Å². The van der Waals surface area contributed by atoms with Crippen LogP contribution >= 0.6 is 12.2 Å². The summed E-state index contributed by atoms with van der Waals surface area (Å²) in [6, 6.07) is 10.7. The number of carbonyl (C=O) groups is 2. The molecule has 0 heterocycles. The van der Waals surface area contributed by atoms with Gasteiger partial charge in [-0.15, -0.1) is 0 Å². The molecule has 2 aromatic rings. The molecular weight excluding hydrogens is 406 g/mol. The third-order valence-electron chi connectivity index (χ3n) is 3.96. The van der Waals surface area contributed by atoms with Crippen molar-refractivity contribution in [1.29, 1.82) is 0 Å². The first-order valence-electron chi connectivity index (χ1n) is 8.84. The van der Waals surface area contributed by atoms with Crippen LogP contribution in [0.25, 0.3) is 6.08 Å². The van der Waals surface area contributed by atoms with Crippen LogP contribution in [0.4, 0.5) is 0 Å². The summed E-state index contributed by atoms with van der Waals surface area (Å²) < 4.78 is 15.7. The second-order valence-electron chi connectivity index (χ2n) is 6.06. The maximum absolute atomic E-state index is 12.4. The first-order valence-corrected chi connectivity index (χ1v) is 9.24. The Morgan fingerprint density at radius 3 is 2.07 bits per heavy atom. The molecule has 3 N–H and O–H groups in total. The van der Waals surface area contributed by atoms with Crippen molar-refractivity contribution in [2.24, 2.45) is 0 Å². The van der Waals surface area contributed by atoms with Gasteiger partial charge in [0.1, 0.15) is 0 Å². The standard InChI is InChI=1S/C21H23N3O5S/c1-13-5-7-14(8-6-13)9-10-18(25)22-21(30)24-23-20(26)15-11-16(27-2)19(29-4)17(12-15)28-3/h5-12H,1-4H3,(H,23,26)(H2,22,24,25,30). The lowest BCUT2D eigenvalue weighted by Crippen LogP contribution is -2.48. The monoisotopic (exact) mass is 429 g/mol. The van der Waals surface area contributed by atoms with E-state index in [-0.39, 0.29) is 10.7 Å². The molecule has 0 fully saturated rings. The zero-order valence-corrected chi connectivity index (χ0v) is 17.9. The number of amides is 2. The molecule has 30 heavy (non-hydrogen) atoms. The lowest BCUT2D eigenvalue weighted by molar-refractivity contribution is -0.115. The number of rotatable bonds is 6. The highest BCUT2D eigenvalue weighted by atomic mass is 32.1. The van der Waals surface area contributed by atoms with Crippen LogP contribution in [0.1, 0.15) is 21.5 Å². The van der Waals surface area contributed by atoms with E-state index < -0.39 is 11.8 Å². The molecule has 0 saturated carbocycles. The van der Waals surface area contributed by atoms with Gasteiger partial charge in [0.2, 0.25) is 11.7 Å². The number of hydrogen-bond acceptors (Lipinski definition) is 6. The first kappa shape index (κ1) is 22.7. The van der Waals surface area contributed by atoms with Gasteiger partial charge in [0.25, 0.3) is 5.91 Å². The molecule has 0 aliphatic rings. The zero-order chi connectivity index (χ0) is 22.1. The largest absolute Gasteiger partial charge is 0.493 e. The Hall–Kier alpha value is -3.59. The molecule has 158 valence electrons. The van der Waals surface area contributed by atoms with Crippen molar-refractivity contribution in [3.63, 3.8) is 0 Å². The molecule has 2 rings (SSSR count). The fourth-order valence-electron chi connectivity index (χ4n) is 2.43. The van der Waals surface area contributed by atoms with Crippen molar-refractivity contribution in [2.75, 3.05) is 21.3 Å². The minimum atomic E-state index is -0.513. The highest BCUT2D eigenvalue weighted by Gasteiger charge is 2.17. The van der Waals surface area contributed by atoms with Gasteiger partial charge in [-0.3, -0.25) is 25.8 Å². The topological polar surface area (TPSA) is 97.9 Å². The van der Waals surface area contributed by atoms with Crippen molar-refractivity contribution in [1.82, 2.24) is 16.2 Å². The number of methoxy groups -OCH3 is 3. The predicted molar refractivity (Wildman–Crippen MR) is 118 cm³/mol. The second-order valence-corrected chi connectivity index (χ2v) is 6.46. The lowest BCUT2D eigenvalue weighted by atomic mass is 10.1. The van der Waals surface area contributed by atoms with Gasteiger partial charge >= 0.3 is 0 Å².